The highest BCUT2D eigenvalue weighted by Gasteiger charge is 2.14. The van der Waals surface area contributed by atoms with E-state index >= 15 is 0 Å². The van der Waals surface area contributed by atoms with Crippen LogP contribution in [0.15, 0.2) is 36.4 Å². The van der Waals surface area contributed by atoms with Gasteiger partial charge in [-0.25, -0.2) is 0 Å². The molecule has 0 N–H and O–H groups in total. The fourth-order valence-corrected chi connectivity index (χ4v) is 2.51. The number of hydrogen-bond donors (Lipinski definition) is 0. The highest BCUT2D eigenvalue weighted by molar-refractivity contribution is 6.33. The molecule has 0 aliphatic heterocycles. The molecule has 1 aromatic heterocycles. The molecule has 0 bridgehead atoms. The fourth-order valence-electron chi connectivity index (χ4n) is 2.15. The molecule has 0 aliphatic rings. The molecule has 2 heteroatoms. The second-order valence-corrected chi connectivity index (χ2v) is 4.72. The zero-order valence-corrected chi connectivity index (χ0v) is 10.6. The van der Waals surface area contributed by atoms with E-state index in [1.54, 1.807) is 0 Å². The molecule has 1 heterocycles. The lowest BCUT2D eigenvalue weighted by Gasteiger charge is -2.16. The first-order chi connectivity index (χ1) is 7.61. The molecule has 84 valence electrons. The lowest BCUT2D eigenvalue weighted by atomic mass is 10.1. The summed E-state index contributed by atoms with van der Waals surface area (Å²) in [5.74, 6) is 0. The minimum Gasteiger partial charge on any atom is -0.341 e. The lowest BCUT2D eigenvalue weighted by Crippen LogP contribution is -2.04. The van der Waals surface area contributed by atoms with Crippen LogP contribution in [0.3, 0.4) is 0 Å². The molecule has 0 saturated heterocycles. The monoisotopic (exact) mass is 233 g/mol. The molecular weight excluding hydrogens is 218 g/mol. The van der Waals surface area contributed by atoms with E-state index in [1.165, 1.54) is 11.3 Å². The summed E-state index contributed by atoms with van der Waals surface area (Å²) in [6, 6.07) is 12.7. The summed E-state index contributed by atoms with van der Waals surface area (Å²) in [6.07, 6.45) is 0. The molecule has 0 radical (unpaired) electrons. The molecule has 0 saturated carbocycles. The van der Waals surface area contributed by atoms with Crippen molar-refractivity contribution in [1.29, 1.82) is 0 Å². The van der Waals surface area contributed by atoms with Gasteiger partial charge in [0.15, 0.2) is 0 Å². The molecule has 2 aromatic rings. The van der Waals surface area contributed by atoms with Crippen LogP contribution in [0, 0.1) is 6.92 Å². The largest absolute Gasteiger partial charge is 0.341 e. The van der Waals surface area contributed by atoms with E-state index in [1.807, 2.05) is 24.3 Å². The third-order valence-electron chi connectivity index (χ3n) is 2.75. The second-order valence-electron chi connectivity index (χ2n) is 4.31. The van der Waals surface area contributed by atoms with Crippen LogP contribution >= 0.6 is 11.6 Å². The maximum absolute atomic E-state index is 6.31. The van der Waals surface area contributed by atoms with Crippen LogP contribution in [0.5, 0.6) is 0 Å². The van der Waals surface area contributed by atoms with Gasteiger partial charge >= 0.3 is 0 Å². The van der Waals surface area contributed by atoms with Gasteiger partial charge in [0.2, 0.25) is 0 Å². The van der Waals surface area contributed by atoms with Gasteiger partial charge in [0.25, 0.3) is 0 Å². The minimum absolute atomic E-state index is 0.419. The molecule has 16 heavy (non-hydrogen) atoms. The van der Waals surface area contributed by atoms with Crippen molar-refractivity contribution >= 4 is 11.6 Å². The fraction of sp³-hybridized carbons (Fsp3) is 0.286. The molecule has 0 unspecified atom stereocenters. The van der Waals surface area contributed by atoms with Gasteiger partial charge in [-0.1, -0.05) is 41.9 Å². The third kappa shape index (κ3) is 1.88. The van der Waals surface area contributed by atoms with Crippen LogP contribution in [0.2, 0.25) is 5.02 Å². The van der Waals surface area contributed by atoms with E-state index in [-0.39, 0.29) is 0 Å². The Bertz CT molecular complexity index is 483. The average molecular weight is 234 g/mol. The van der Waals surface area contributed by atoms with Crippen molar-refractivity contribution in [2.75, 3.05) is 0 Å². The van der Waals surface area contributed by atoms with Crippen molar-refractivity contribution < 1.29 is 0 Å². The maximum atomic E-state index is 6.31. The Labute approximate surface area is 102 Å². The van der Waals surface area contributed by atoms with Gasteiger partial charge in [0.1, 0.15) is 0 Å². The van der Waals surface area contributed by atoms with Gasteiger partial charge in [0, 0.05) is 11.7 Å². The molecule has 0 aliphatic carbocycles. The van der Waals surface area contributed by atoms with Crippen LogP contribution in [-0.4, -0.2) is 4.57 Å². The summed E-state index contributed by atoms with van der Waals surface area (Å²) >= 11 is 6.31. The Balaban J connectivity index is 2.65. The molecule has 0 spiro atoms. The first kappa shape index (κ1) is 11.3. The van der Waals surface area contributed by atoms with Crippen molar-refractivity contribution in [1.82, 2.24) is 4.57 Å². The molecule has 1 aromatic carbocycles. The topological polar surface area (TPSA) is 4.93 Å². The van der Waals surface area contributed by atoms with Crippen molar-refractivity contribution in [2.45, 2.75) is 26.8 Å². The smallest absolute Gasteiger partial charge is 0.0674 e. The zero-order chi connectivity index (χ0) is 11.7. The Morgan fingerprint density at radius 1 is 1.12 bits per heavy atom. The quantitative estimate of drug-likeness (QED) is 0.709. The van der Waals surface area contributed by atoms with Crippen molar-refractivity contribution in [3.8, 4) is 11.3 Å². The van der Waals surface area contributed by atoms with E-state index in [4.69, 9.17) is 11.6 Å². The van der Waals surface area contributed by atoms with E-state index in [2.05, 4.69) is 37.5 Å². The minimum atomic E-state index is 0.419. The van der Waals surface area contributed by atoms with Gasteiger partial charge in [-0.3, -0.25) is 0 Å². The lowest BCUT2D eigenvalue weighted by molar-refractivity contribution is 0.595. The summed E-state index contributed by atoms with van der Waals surface area (Å²) in [6.45, 7) is 6.45. The number of nitrogens with zero attached hydrogens (tertiary/aromatic N) is 1. The second kappa shape index (κ2) is 4.34. The molecule has 1 nitrogen and oxygen atoms in total. The third-order valence-corrected chi connectivity index (χ3v) is 3.03. The van der Waals surface area contributed by atoms with Crippen LogP contribution in [0.25, 0.3) is 11.3 Å². The van der Waals surface area contributed by atoms with Gasteiger partial charge in [-0.2, -0.15) is 0 Å². The summed E-state index contributed by atoms with van der Waals surface area (Å²) in [5, 5.41) is 0.831. The Kier molecular flexibility index (Phi) is 3.06. The Morgan fingerprint density at radius 3 is 2.31 bits per heavy atom. The predicted molar refractivity (Wildman–Crippen MR) is 70.0 cm³/mol. The molecule has 0 atom stereocenters. The number of aromatic nitrogens is 1. The van der Waals surface area contributed by atoms with Crippen LogP contribution in [0.1, 0.15) is 25.6 Å². The number of aryl methyl sites for hydroxylation is 1. The van der Waals surface area contributed by atoms with Crippen LogP contribution in [0.4, 0.5) is 0 Å². The summed E-state index contributed by atoms with van der Waals surface area (Å²) in [7, 11) is 0. The van der Waals surface area contributed by atoms with Gasteiger partial charge in [-0.05, 0) is 32.4 Å². The number of halogens is 1. The summed E-state index contributed by atoms with van der Waals surface area (Å²) < 4.78 is 2.28. The van der Waals surface area contributed by atoms with Crippen LogP contribution in [-0.2, 0) is 0 Å². The molecule has 0 fully saturated rings. The zero-order valence-electron chi connectivity index (χ0n) is 9.87. The molecule has 2 rings (SSSR count). The SMILES string of the molecule is Cc1cc(Cl)c(-c2ccccc2)n1C(C)C. The Morgan fingerprint density at radius 2 is 1.75 bits per heavy atom. The standard InChI is InChI=1S/C14H16ClN/c1-10(2)16-11(3)9-13(15)14(16)12-7-5-4-6-8-12/h4-10H,1-3H3. The van der Waals surface area contributed by atoms with Gasteiger partial charge < -0.3 is 4.57 Å². The van der Waals surface area contributed by atoms with Crippen molar-refractivity contribution in [3.63, 3.8) is 0 Å². The maximum Gasteiger partial charge on any atom is 0.0674 e. The highest BCUT2D eigenvalue weighted by atomic mass is 35.5. The van der Waals surface area contributed by atoms with E-state index < -0.39 is 0 Å². The van der Waals surface area contributed by atoms with Crippen molar-refractivity contribution in [2.24, 2.45) is 0 Å². The van der Waals surface area contributed by atoms with Crippen molar-refractivity contribution in [3.05, 3.63) is 47.1 Å². The Hall–Kier alpha value is -1.21. The molecular formula is C14H16ClN. The molecule has 0 amide bonds. The highest BCUT2D eigenvalue weighted by Crippen LogP contribution is 2.33. The number of hydrogen-bond acceptors (Lipinski definition) is 0. The average Bonchev–Trinajstić information content (AvgIpc) is 2.55. The van der Waals surface area contributed by atoms with Gasteiger partial charge in [-0.15, -0.1) is 0 Å². The van der Waals surface area contributed by atoms with E-state index in [0.717, 1.165) is 10.7 Å². The number of rotatable bonds is 2. The first-order valence-electron chi connectivity index (χ1n) is 5.54. The first-order valence-corrected chi connectivity index (χ1v) is 5.92. The van der Waals surface area contributed by atoms with Gasteiger partial charge in [0.05, 0.1) is 10.7 Å². The predicted octanol–water partition coefficient (Wildman–Crippen LogP) is 4.70. The summed E-state index contributed by atoms with van der Waals surface area (Å²) in [4.78, 5) is 0. The number of benzene rings is 1. The van der Waals surface area contributed by atoms with Crippen LogP contribution < -0.4 is 0 Å². The van der Waals surface area contributed by atoms with E-state index in [9.17, 15) is 0 Å². The van der Waals surface area contributed by atoms with E-state index in [0.29, 0.717) is 6.04 Å². The summed E-state index contributed by atoms with van der Waals surface area (Å²) in [5.41, 5.74) is 3.50. The normalized spacial score (nSPS) is 11.1.